The highest BCUT2D eigenvalue weighted by Crippen LogP contribution is 2.21. The topological polar surface area (TPSA) is 199 Å². The number of carbonyl (C=O) groups excluding carboxylic acids is 3. The third kappa shape index (κ3) is 6.68. The standard InChI is InChI=1S/C17H28N4O8/c1-8(2)13(20-14(25)9(18)7-22)16(27)21-5-3-4-11(21)15(26)19-10(17(28)29)6-12(23)24/h8-11,13,22H,3-7,18H2,1-2H3,(H,19,26)(H,20,25)(H,23,24)(H,28,29). The summed E-state index contributed by atoms with van der Waals surface area (Å²) in [5, 5.41) is 31.5. The Labute approximate surface area is 167 Å². The quantitative estimate of drug-likeness (QED) is 0.222. The molecule has 0 radical (unpaired) electrons. The second kappa shape index (κ2) is 10.7. The van der Waals surface area contributed by atoms with Crippen molar-refractivity contribution in [1.82, 2.24) is 15.5 Å². The van der Waals surface area contributed by atoms with Crippen LogP contribution in [0.5, 0.6) is 0 Å². The summed E-state index contributed by atoms with van der Waals surface area (Å²) < 4.78 is 0. The average molecular weight is 416 g/mol. The molecule has 0 aromatic rings. The molecule has 0 saturated carbocycles. The number of aliphatic carboxylic acids is 2. The maximum Gasteiger partial charge on any atom is 0.326 e. The molecular formula is C17H28N4O8. The van der Waals surface area contributed by atoms with E-state index in [2.05, 4.69) is 10.6 Å². The van der Waals surface area contributed by atoms with E-state index >= 15 is 0 Å². The Bertz CT molecular complexity index is 653. The number of amides is 3. The summed E-state index contributed by atoms with van der Waals surface area (Å²) in [6.45, 7) is 3.00. The molecule has 1 aliphatic heterocycles. The van der Waals surface area contributed by atoms with Crippen LogP contribution < -0.4 is 16.4 Å². The lowest BCUT2D eigenvalue weighted by molar-refractivity contribution is -0.148. The van der Waals surface area contributed by atoms with Gasteiger partial charge >= 0.3 is 11.9 Å². The molecule has 1 saturated heterocycles. The van der Waals surface area contributed by atoms with Crippen LogP contribution in [0, 0.1) is 5.92 Å². The number of hydrogen-bond acceptors (Lipinski definition) is 7. The molecule has 3 amide bonds. The molecule has 0 bridgehead atoms. The molecule has 0 aliphatic carbocycles. The summed E-state index contributed by atoms with van der Waals surface area (Å²) in [6, 6.07) is -4.81. The largest absolute Gasteiger partial charge is 0.481 e. The summed E-state index contributed by atoms with van der Waals surface area (Å²) in [4.78, 5) is 60.7. The number of hydrogen-bond donors (Lipinski definition) is 6. The van der Waals surface area contributed by atoms with Crippen LogP contribution in [-0.2, 0) is 24.0 Å². The van der Waals surface area contributed by atoms with Gasteiger partial charge in [0, 0.05) is 6.54 Å². The van der Waals surface area contributed by atoms with Gasteiger partial charge in [-0.15, -0.1) is 0 Å². The molecule has 29 heavy (non-hydrogen) atoms. The molecule has 0 spiro atoms. The predicted octanol–water partition coefficient (Wildman–Crippen LogP) is -2.52. The third-order valence-electron chi connectivity index (χ3n) is 4.60. The van der Waals surface area contributed by atoms with E-state index in [1.54, 1.807) is 13.8 Å². The van der Waals surface area contributed by atoms with E-state index in [1.807, 2.05) is 0 Å². The fraction of sp³-hybridized carbons (Fsp3) is 0.706. The third-order valence-corrected chi connectivity index (χ3v) is 4.60. The van der Waals surface area contributed by atoms with E-state index in [0.717, 1.165) is 0 Å². The van der Waals surface area contributed by atoms with Crippen molar-refractivity contribution < 1.29 is 39.3 Å². The first-order chi connectivity index (χ1) is 13.5. The Morgan fingerprint density at radius 2 is 1.76 bits per heavy atom. The highest BCUT2D eigenvalue weighted by Gasteiger charge is 2.40. The minimum atomic E-state index is -1.62. The first kappa shape index (κ1) is 24.3. The molecule has 7 N–H and O–H groups in total. The molecule has 1 fully saturated rings. The number of nitrogens with one attached hydrogen (secondary N) is 2. The summed E-state index contributed by atoms with van der Waals surface area (Å²) in [5.74, 6) is -5.26. The fourth-order valence-corrected chi connectivity index (χ4v) is 2.98. The summed E-state index contributed by atoms with van der Waals surface area (Å²) in [5.41, 5.74) is 5.46. The number of carboxylic acid groups (broad SMARTS) is 2. The van der Waals surface area contributed by atoms with Crippen molar-refractivity contribution in [3.05, 3.63) is 0 Å². The number of aliphatic hydroxyl groups excluding tert-OH is 1. The van der Waals surface area contributed by atoms with Crippen LogP contribution in [-0.4, -0.2) is 87.2 Å². The molecule has 12 nitrogen and oxygen atoms in total. The molecular weight excluding hydrogens is 388 g/mol. The first-order valence-electron chi connectivity index (χ1n) is 9.21. The van der Waals surface area contributed by atoms with Gasteiger partial charge in [0.15, 0.2) is 0 Å². The molecule has 0 aromatic carbocycles. The van der Waals surface area contributed by atoms with Gasteiger partial charge in [0.05, 0.1) is 13.0 Å². The SMILES string of the molecule is CC(C)C(NC(=O)C(N)CO)C(=O)N1CCCC1C(=O)NC(CC(=O)O)C(=O)O. The highest BCUT2D eigenvalue weighted by atomic mass is 16.4. The van der Waals surface area contributed by atoms with Gasteiger partial charge < -0.3 is 36.6 Å². The average Bonchev–Trinajstić information content (AvgIpc) is 3.13. The van der Waals surface area contributed by atoms with Crippen LogP contribution in [0.4, 0.5) is 0 Å². The van der Waals surface area contributed by atoms with E-state index < -0.39 is 66.9 Å². The number of aliphatic hydroxyl groups is 1. The van der Waals surface area contributed by atoms with Gasteiger partial charge in [-0.05, 0) is 18.8 Å². The second-order valence-corrected chi connectivity index (χ2v) is 7.21. The van der Waals surface area contributed by atoms with Gasteiger partial charge in [-0.2, -0.15) is 0 Å². The van der Waals surface area contributed by atoms with Gasteiger partial charge in [0.2, 0.25) is 17.7 Å². The van der Waals surface area contributed by atoms with Crippen molar-refractivity contribution in [3.63, 3.8) is 0 Å². The van der Waals surface area contributed by atoms with Crippen LogP contribution in [0.25, 0.3) is 0 Å². The van der Waals surface area contributed by atoms with Crippen LogP contribution in [0.1, 0.15) is 33.1 Å². The Morgan fingerprint density at radius 1 is 1.14 bits per heavy atom. The van der Waals surface area contributed by atoms with E-state index in [-0.39, 0.29) is 18.9 Å². The van der Waals surface area contributed by atoms with Crippen LogP contribution >= 0.6 is 0 Å². The lowest BCUT2D eigenvalue weighted by Crippen LogP contribution is -2.58. The van der Waals surface area contributed by atoms with Crippen LogP contribution in [0.3, 0.4) is 0 Å². The smallest absolute Gasteiger partial charge is 0.326 e. The number of rotatable bonds is 10. The molecule has 12 heteroatoms. The molecule has 4 unspecified atom stereocenters. The Balaban J connectivity index is 2.93. The highest BCUT2D eigenvalue weighted by molar-refractivity contribution is 5.95. The van der Waals surface area contributed by atoms with Crippen molar-refractivity contribution in [1.29, 1.82) is 0 Å². The van der Waals surface area contributed by atoms with Crippen molar-refractivity contribution in [3.8, 4) is 0 Å². The molecule has 4 atom stereocenters. The minimum absolute atomic E-state index is 0.221. The van der Waals surface area contributed by atoms with Gasteiger partial charge in [0.1, 0.15) is 24.2 Å². The van der Waals surface area contributed by atoms with Gasteiger partial charge in [-0.25, -0.2) is 4.79 Å². The Morgan fingerprint density at radius 3 is 2.24 bits per heavy atom. The summed E-state index contributed by atoms with van der Waals surface area (Å²) in [6.07, 6.45) is -0.0488. The zero-order valence-corrected chi connectivity index (χ0v) is 16.3. The lowest BCUT2D eigenvalue weighted by Gasteiger charge is -2.31. The number of carboxylic acids is 2. The van der Waals surface area contributed by atoms with E-state index in [9.17, 15) is 24.0 Å². The number of carbonyl (C=O) groups is 5. The van der Waals surface area contributed by atoms with Crippen molar-refractivity contribution in [2.45, 2.75) is 57.3 Å². The zero-order chi connectivity index (χ0) is 22.3. The van der Waals surface area contributed by atoms with E-state index in [1.165, 1.54) is 4.90 Å². The number of likely N-dealkylation sites (tertiary alicyclic amines) is 1. The number of nitrogens with two attached hydrogens (primary N) is 1. The summed E-state index contributed by atoms with van der Waals surface area (Å²) >= 11 is 0. The summed E-state index contributed by atoms with van der Waals surface area (Å²) in [7, 11) is 0. The first-order valence-corrected chi connectivity index (χ1v) is 9.21. The molecule has 1 heterocycles. The van der Waals surface area contributed by atoms with Crippen LogP contribution in [0.15, 0.2) is 0 Å². The van der Waals surface area contributed by atoms with Crippen molar-refractivity contribution in [2.75, 3.05) is 13.2 Å². The monoisotopic (exact) mass is 416 g/mol. The predicted molar refractivity (Wildman–Crippen MR) is 98.4 cm³/mol. The minimum Gasteiger partial charge on any atom is -0.481 e. The van der Waals surface area contributed by atoms with Crippen LogP contribution in [0.2, 0.25) is 0 Å². The van der Waals surface area contributed by atoms with Gasteiger partial charge in [-0.1, -0.05) is 13.8 Å². The Kier molecular flexibility index (Phi) is 8.98. The van der Waals surface area contributed by atoms with E-state index in [4.69, 9.17) is 21.1 Å². The molecule has 1 aliphatic rings. The van der Waals surface area contributed by atoms with Crippen molar-refractivity contribution >= 4 is 29.7 Å². The normalized spacial score (nSPS) is 19.3. The molecule has 164 valence electrons. The van der Waals surface area contributed by atoms with Crippen molar-refractivity contribution in [2.24, 2.45) is 11.7 Å². The second-order valence-electron chi connectivity index (χ2n) is 7.21. The maximum absolute atomic E-state index is 13.0. The number of nitrogens with zero attached hydrogens (tertiary/aromatic N) is 1. The molecule has 0 aromatic heterocycles. The van der Waals surface area contributed by atoms with E-state index in [0.29, 0.717) is 6.42 Å². The zero-order valence-electron chi connectivity index (χ0n) is 16.3. The van der Waals surface area contributed by atoms with Gasteiger partial charge in [-0.3, -0.25) is 19.2 Å². The lowest BCUT2D eigenvalue weighted by atomic mass is 10.0. The maximum atomic E-state index is 13.0. The Hall–Kier alpha value is -2.73. The fourth-order valence-electron chi connectivity index (χ4n) is 2.98. The van der Waals surface area contributed by atoms with Gasteiger partial charge in [0.25, 0.3) is 0 Å². The molecule has 1 rings (SSSR count).